The van der Waals surface area contributed by atoms with Crippen LogP contribution in [0.2, 0.25) is 0 Å². The Morgan fingerprint density at radius 1 is 1.53 bits per heavy atom. The Hall–Kier alpha value is -0.410. The van der Waals surface area contributed by atoms with Crippen LogP contribution in [0, 0.1) is 11.8 Å². The summed E-state index contributed by atoms with van der Waals surface area (Å²) in [5, 5.41) is 0. The molecule has 0 amide bonds. The van der Waals surface area contributed by atoms with Crippen LogP contribution in [0.1, 0.15) is 26.7 Å². The predicted molar refractivity (Wildman–Crippen MR) is 60.9 cm³/mol. The fourth-order valence-electron chi connectivity index (χ4n) is 2.07. The average Bonchev–Trinajstić information content (AvgIpc) is 2.18. The Bertz CT molecular complexity index is 202. The van der Waals surface area contributed by atoms with Gasteiger partial charge < -0.3 is 4.74 Å². The van der Waals surface area contributed by atoms with Crippen LogP contribution in [0.15, 0.2) is 0 Å². The molecule has 1 aliphatic rings. The first-order valence-electron chi connectivity index (χ1n) is 5.87. The van der Waals surface area contributed by atoms with Gasteiger partial charge in [-0.05, 0) is 25.3 Å². The number of hydrogen-bond acceptors (Lipinski definition) is 3. The normalized spacial score (nSPS) is 23.3. The standard InChI is InChI=1S/C12H23NO2/c1-10(2)12(14)8-13-6-4-5-11(7-13)9-15-3/h10-11H,4-9H2,1-3H3. The van der Waals surface area contributed by atoms with Crippen molar-refractivity contribution in [2.24, 2.45) is 11.8 Å². The first-order chi connectivity index (χ1) is 7.13. The summed E-state index contributed by atoms with van der Waals surface area (Å²) in [5.41, 5.74) is 0. The molecule has 0 aromatic carbocycles. The van der Waals surface area contributed by atoms with Gasteiger partial charge in [0, 0.05) is 19.6 Å². The molecule has 15 heavy (non-hydrogen) atoms. The van der Waals surface area contributed by atoms with Crippen molar-refractivity contribution < 1.29 is 9.53 Å². The highest BCUT2D eigenvalue weighted by Crippen LogP contribution is 2.16. The molecule has 0 aliphatic carbocycles. The van der Waals surface area contributed by atoms with Crippen LogP contribution in [-0.2, 0) is 9.53 Å². The van der Waals surface area contributed by atoms with E-state index in [0.29, 0.717) is 18.2 Å². The van der Waals surface area contributed by atoms with E-state index in [1.807, 2.05) is 13.8 Å². The minimum Gasteiger partial charge on any atom is -0.384 e. The highest BCUT2D eigenvalue weighted by molar-refractivity contribution is 5.82. The zero-order chi connectivity index (χ0) is 11.3. The van der Waals surface area contributed by atoms with Gasteiger partial charge in [-0.2, -0.15) is 0 Å². The smallest absolute Gasteiger partial charge is 0.149 e. The first kappa shape index (κ1) is 12.7. The molecule has 1 aliphatic heterocycles. The number of Topliss-reactive ketones (excluding diaryl/α,β-unsaturated/α-hetero) is 1. The summed E-state index contributed by atoms with van der Waals surface area (Å²) in [4.78, 5) is 13.9. The number of hydrogen-bond donors (Lipinski definition) is 0. The molecule has 0 aromatic rings. The second kappa shape index (κ2) is 6.23. The largest absolute Gasteiger partial charge is 0.384 e. The van der Waals surface area contributed by atoms with Crippen LogP contribution in [0.3, 0.4) is 0 Å². The van der Waals surface area contributed by atoms with Crippen LogP contribution in [0.5, 0.6) is 0 Å². The molecule has 1 saturated heterocycles. The number of carbonyl (C=O) groups excluding carboxylic acids is 1. The molecule has 88 valence electrons. The summed E-state index contributed by atoms with van der Waals surface area (Å²) >= 11 is 0. The van der Waals surface area contributed by atoms with Gasteiger partial charge in [0.2, 0.25) is 0 Å². The number of carbonyl (C=O) groups is 1. The number of rotatable bonds is 5. The topological polar surface area (TPSA) is 29.5 Å². The number of likely N-dealkylation sites (tertiary alicyclic amines) is 1. The average molecular weight is 213 g/mol. The summed E-state index contributed by atoms with van der Waals surface area (Å²) in [7, 11) is 1.75. The third-order valence-electron chi connectivity index (χ3n) is 3.03. The van der Waals surface area contributed by atoms with E-state index in [4.69, 9.17) is 4.74 Å². The van der Waals surface area contributed by atoms with Gasteiger partial charge in [0.1, 0.15) is 5.78 Å². The lowest BCUT2D eigenvalue weighted by Crippen LogP contribution is -2.40. The maximum Gasteiger partial charge on any atom is 0.149 e. The van der Waals surface area contributed by atoms with Crippen molar-refractivity contribution in [1.82, 2.24) is 4.90 Å². The maximum atomic E-state index is 11.6. The van der Waals surface area contributed by atoms with E-state index < -0.39 is 0 Å². The van der Waals surface area contributed by atoms with Crippen molar-refractivity contribution in [2.45, 2.75) is 26.7 Å². The summed E-state index contributed by atoms with van der Waals surface area (Å²) in [6.45, 7) is 7.48. The van der Waals surface area contributed by atoms with Crippen molar-refractivity contribution >= 4 is 5.78 Å². The molecule has 1 unspecified atom stereocenters. The van der Waals surface area contributed by atoms with Gasteiger partial charge in [-0.15, -0.1) is 0 Å². The second-order valence-corrected chi connectivity index (χ2v) is 4.82. The second-order valence-electron chi connectivity index (χ2n) is 4.82. The van der Waals surface area contributed by atoms with Crippen molar-refractivity contribution in [3.8, 4) is 0 Å². The van der Waals surface area contributed by atoms with Crippen LogP contribution in [0.4, 0.5) is 0 Å². The van der Waals surface area contributed by atoms with E-state index in [-0.39, 0.29) is 5.92 Å². The highest BCUT2D eigenvalue weighted by Gasteiger charge is 2.22. The number of ketones is 1. The first-order valence-corrected chi connectivity index (χ1v) is 5.87. The minimum atomic E-state index is 0.160. The fourth-order valence-corrected chi connectivity index (χ4v) is 2.07. The number of methoxy groups -OCH3 is 1. The summed E-state index contributed by atoms with van der Waals surface area (Å²) in [6, 6.07) is 0. The maximum absolute atomic E-state index is 11.6. The van der Waals surface area contributed by atoms with E-state index in [1.165, 1.54) is 12.8 Å². The van der Waals surface area contributed by atoms with Gasteiger partial charge in [-0.1, -0.05) is 13.8 Å². The Labute approximate surface area is 92.8 Å². The van der Waals surface area contributed by atoms with Crippen molar-refractivity contribution in [3.63, 3.8) is 0 Å². The van der Waals surface area contributed by atoms with E-state index >= 15 is 0 Å². The van der Waals surface area contributed by atoms with Gasteiger partial charge in [0.15, 0.2) is 0 Å². The monoisotopic (exact) mass is 213 g/mol. The number of piperidine rings is 1. The molecule has 0 saturated carbocycles. The zero-order valence-electron chi connectivity index (χ0n) is 10.2. The van der Waals surface area contributed by atoms with Crippen LogP contribution in [-0.4, -0.2) is 44.0 Å². The molecule has 0 radical (unpaired) electrons. The Morgan fingerprint density at radius 3 is 2.87 bits per heavy atom. The van der Waals surface area contributed by atoms with Gasteiger partial charge >= 0.3 is 0 Å². The Balaban J connectivity index is 2.32. The van der Waals surface area contributed by atoms with E-state index in [2.05, 4.69) is 4.90 Å². The predicted octanol–water partition coefficient (Wildman–Crippen LogP) is 1.57. The molecule has 0 bridgehead atoms. The van der Waals surface area contributed by atoms with E-state index in [9.17, 15) is 4.79 Å². The van der Waals surface area contributed by atoms with Crippen molar-refractivity contribution in [1.29, 1.82) is 0 Å². The fraction of sp³-hybridized carbons (Fsp3) is 0.917. The molecule has 0 N–H and O–H groups in total. The Morgan fingerprint density at radius 2 is 2.27 bits per heavy atom. The van der Waals surface area contributed by atoms with Crippen LogP contribution in [0.25, 0.3) is 0 Å². The zero-order valence-corrected chi connectivity index (χ0v) is 10.2. The van der Waals surface area contributed by atoms with E-state index in [0.717, 1.165) is 19.7 Å². The van der Waals surface area contributed by atoms with Gasteiger partial charge in [-0.25, -0.2) is 0 Å². The van der Waals surface area contributed by atoms with Gasteiger partial charge in [0.05, 0.1) is 13.2 Å². The molecule has 0 spiro atoms. The molecular formula is C12H23NO2. The van der Waals surface area contributed by atoms with Gasteiger partial charge in [-0.3, -0.25) is 9.69 Å². The SMILES string of the molecule is COCC1CCCN(CC(=O)C(C)C)C1. The van der Waals surface area contributed by atoms with Crippen LogP contribution < -0.4 is 0 Å². The minimum absolute atomic E-state index is 0.160. The molecule has 1 fully saturated rings. The molecule has 0 aromatic heterocycles. The van der Waals surface area contributed by atoms with Crippen molar-refractivity contribution in [3.05, 3.63) is 0 Å². The van der Waals surface area contributed by atoms with Crippen molar-refractivity contribution in [2.75, 3.05) is 33.4 Å². The number of nitrogens with zero attached hydrogens (tertiary/aromatic N) is 1. The lowest BCUT2D eigenvalue weighted by Gasteiger charge is -2.32. The molecular weight excluding hydrogens is 190 g/mol. The summed E-state index contributed by atoms with van der Waals surface area (Å²) < 4.78 is 5.17. The summed E-state index contributed by atoms with van der Waals surface area (Å²) in [5.74, 6) is 1.13. The molecule has 3 heteroatoms. The molecule has 3 nitrogen and oxygen atoms in total. The quantitative estimate of drug-likeness (QED) is 0.694. The third-order valence-corrected chi connectivity index (χ3v) is 3.03. The van der Waals surface area contributed by atoms with Gasteiger partial charge in [0.25, 0.3) is 0 Å². The van der Waals surface area contributed by atoms with E-state index in [1.54, 1.807) is 7.11 Å². The van der Waals surface area contributed by atoms with Crippen LogP contribution >= 0.6 is 0 Å². The third kappa shape index (κ3) is 4.31. The number of ether oxygens (including phenoxy) is 1. The summed E-state index contributed by atoms with van der Waals surface area (Å²) in [6.07, 6.45) is 2.43. The lowest BCUT2D eigenvalue weighted by atomic mass is 9.98. The lowest BCUT2D eigenvalue weighted by molar-refractivity contribution is -0.123. The molecule has 1 atom stereocenters. The molecule has 1 rings (SSSR count). The highest BCUT2D eigenvalue weighted by atomic mass is 16.5. The Kier molecular flexibility index (Phi) is 5.26. The molecule has 1 heterocycles.